The van der Waals surface area contributed by atoms with Crippen LogP contribution < -0.4 is 10.6 Å². The first-order valence-corrected chi connectivity index (χ1v) is 13.7. The molecule has 41 heavy (non-hydrogen) atoms. The lowest BCUT2D eigenvalue weighted by atomic mass is 9.86. The Kier molecular flexibility index (Phi) is 9.52. The van der Waals surface area contributed by atoms with Crippen molar-refractivity contribution in [3.63, 3.8) is 0 Å². The van der Waals surface area contributed by atoms with Crippen molar-refractivity contribution in [3.05, 3.63) is 88.0 Å². The summed E-state index contributed by atoms with van der Waals surface area (Å²) in [6.07, 6.45) is 2.31. The summed E-state index contributed by atoms with van der Waals surface area (Å²) in [6.45, 7) is 4.06. The number of aliphatic hydroxyl groups excluding tert-OH is 2. The average molecular weight is 562 g/mol. The Balaban J connectivity index is 1.86. The number of amides is 2. The largest absolute Gasteiger partial charge is 0.481 e. The molecule has 0 saturated heterocycles. The molecule has 0 aliphatic heterocycles. The highest BCUT2D eigenvalue weighted by molar-refractivity contribution is 5.90. The van der Waals surface area contributed by atoms with E-state index in [1.165, 1.54) is 12.1 Å². The molecule has 1 heterocycles. The van der Waals surface area contributed by atoms with Gasteiger partial charge < -0.3 is 26.0 Å². The SMILES string of the molecule is CNC(=O)Nc1cccc2c1CCc1nc(C(C)C)c(C=C[C@@H](O)C[C@@H](O)CC(=O)O)c(-c3ccc(F)cc3)c1C2. The maximum absolute atomic E-state index is 14.0. The fourth-order valence-electron chi connectivity index (χ4n) is 5.34. The van der Waals surface area contributed by atoms with Crippen LogP contribution in [0.2, 0.25) is 0 Å². The van der Waals surface area contributed by atoms with Crippen LogP contribution >= 0.6 is 0 Å². The van der Waals surface area contributed by atoms with Gasteiger partial charge >= 0.3 is 12.0 Å². The molecular weight excluding hydrogens is 525 g/mol. The van der Waals surface area contributed by atoms with Crippen LogP contribution in [0.1, 0.15) is 66.2 Å². The van der Waals surface area contributed by atoms with Crippen LogP contribution in [0.25, 0.3) is 17.2 Å². The average Bonchev–Trinajstić information content (AvgIpc) is 3.11. The molecule has 0 spiro atoms. The minimum atomic E-state index is -1.19. The number of pyridine rings is 1. The van der Waals surface area contributed by atoms with Crippen molar-refractivity contribution >= 4 is 23.8 Å². The lowest BCUT2D eigenvalue weighted by Crippen LogP contribution is -2.25. The number of benzene rings is 2. The number of fused-ring (bicyclic) bond motifs is 2. The summed E-state index contributed by atoms with van der Waals surface area (Å²) in [5, 5.41) is 35.1. The maximum Gasteiger partial charge on any atom is 0.318 e. The molecule has 1 aliphatic carbocycles. The van der Waals surface area contributed by atoms with Crippen molar-refractivity contribution in [2.24, 2.45) is 0 Å². The van der Waals surface area contributed by atoms with Gasteiger partial charge in [-0.25, -0.2) is 9.18 Å². The number of hydrogen-bond acceptors (Lipinski definition) is 5. The zero-order valence-corrected chi connectivity index (χ0v) is 23.4. The van der Waals surface area contributed by atoms with Crippen molar-refractivity contribution < 1.29 is 29.3 Å². The van der Waals surface area contributed by atoms with E-state index < -0.39 is 24.6 Å². The Labute approximate surface area is 239 Å². The number of nitrogens with zero attached hydrogens (tertiary/aromatic N) is 1. The summed E-state index contributed by atoms with van der Waals surface area (Å²) < 4.78 is 14.0. The lowest BCUT2D eigenvalue weighted by molar-refractivity contribution is -0.139. The van der Waals surface area contributed by atoms with E-state index in [-0.39, 0.29) is 24.2 Å². The van der Waals surface area contributed by atoms with Crippen LogP contribution in [0.15, 0.2) is 48.5 Å². The minimum absolute atomic E-state index is 0.0185. The Morgan fingerprint density at radius 2 is 1.80 bits per heavy atom. The molecule has 0 radical (unpaired) electrons. The van der Waals surface area contributed by atoms with Gasteiger partial charge in [0.15, 0.2) is 0 Å². The molecule has 216 valence electrons. The Bertz CT molecular complexity index is 1450. The number of anilines is 1. The molecule has 3 aromatic rings. The van der Waals surface area contributed by atoms with Gasteiger partial charge in [-0.15, -0.1) is 0 Å². The van der Waals surface area contributed by atoms with Crippen LogP contribution in [-0.4, -0.2) is 51.6 Å². The van der Waals surface area contributed by atoms with E-state index in [9.17, 15) is 24.2 Å². The molecule has 1 aliphatic rings. The number of carbonyl (C=O) groups is 2. The Morgan fingerprint density at radius 1 is 1.07 bits per heavy atom. The molecule has 2 aromatic carbocycles. The van der Waals surface area contributed by atoms with Gasteiger partial charge in [-0.2, -0.15) is 0 Å². The van der Waals surface area contributed by atoms with E-state index in [0.717, 1.165) is 50.5 Å². The Morgan fingerprint density at radius 3 is 2.46 bits per heavy atom. The van der Waals surface area contributed by atoms with Gasteiger partial charge in [0, 0.05) is 36.8 Å². The number of carboxylic acids is 1. The highest BCUT2D eigenvalue weighted by Gasteiger charge is 2.26. The van der Waals surface area contributed by atoms with Gasteiger partial charge in [-0.3, -0.25) is 9.78 Å². The number of carboxylic acid groups (broad SMARTS) is 1. The summed E-state index contributed by atoms with van der Waals surface area (Å²) in [5.74, 6) is -1.48. The maximum atomic E-state index is 14.0. The standard InChI is InChI=1S/C32H36FN3O5/c1-18(2)31-25(12-11-22(37)16-23(38)17-29(39)40)30(19-7-9-21(33)10-8-19)26-15-20-5-4-6-27(36-32(41)34-3)24(20)13-14-28(26)35-31/h4-12,18,22-23,37-38H,13-17H2,1-3H3,(H,39,40)(H2,34,36,41)/t22-,23-/m1/s1. The van der Waals surface area contributed by atoms with E-state index in [4.69, 9.17) is 10.1 Å². The number of carbonyl (C=O) groups excluding carboxylic acids is 1. The third-order valence-electron chi connectivity index (χ3n) is 7.27. The van der Waals surface area contributed by atoms with Crippen LogP contribution in [0.4, 0.5) is 14.9 Å². The number of hydrogen-bond donors (Lipinski definition) is 5. The third kappa shape index (κ3) is 7.17. The molecule has 4 rings (SSSR count). The predicted octanol–water partition coefficient (Wildman–Crippen LogP) is 5.05. The zero-order valence-electron chi connectivity index (χ0n) is 23.4. The van der Waals surface area contributed by atoms with Gasteiger partial charge in [0.2, 0.25) is 0 Å². The summed E-state index contributed by atoms with van der Waals surface area (Å²) in [4.78, 5) is 28.2. The van der Waals surface area contributed by atoms with E-state index in [1.807, 2.05) is 32.0 Å². The molecule has 0 fully saturated rings. The van der Waals surface area contributed by atoms with E-state index >= 15 is 0 Å². The number of aliphatic hydroxyl groups is 2. The molecule has 0 unspecified atom stereocenters. The second-order valence-electron chi connectivity index (χ2n) is 10.6. The van der Waals surface area contributed by atoms with Gasteiger partial charge in [0.1, 0.15) is 5.82 Å². The fourth-order valence-corrected chi connectivity index (χ4v) is 5.34. The molecular formula is C32H36FN3O5. The van der Waals surface area contributed by atoms with E-state index in [1.54, 1.807) is 31.3 Å². The molecule has 9 heteroatoms. The van der Waals surface area contributed by atoms with Crippen molar-refractivity contribution in [1.82, 2.24) is 10.3 Å². The quantitative estimate of drug-likeness (QED) is 0.248. The first kappa shape index (κ1) is 29.9. The first-order chi connectivity index (χ1) is 19.6. The number of urea groups is 1. The van der Waals surface area contributed by atoms with Crippen molar-refractivity contribution in [3.8, 4) is 11.1 Å². The predicted molar refractivity (Wildman–Crippen MR) is 156 cm³/mol. The number of aryl methyl sites for hydroxylation is 1. The number of rotatable bonds is 9. The number of halogens is 1. The highest BCUT2D eigenvalue weighted by Crippen LogP contribution is 2.39. The summed E-state index contributed by atoms with van der Waals surface area (Å²) >= 11 is 0. The fraction of sp³-hybridized carbons (Fsp3) is 0.344. The van der Waals surface area contributed by atoms with Gasteiger partial charge in [0.05, 0.1) is 24.3 Å². The summed E-state index contributed by atoms with van der Waals surface area (Å²) in [6, 6.07) is 11.8. The molecule has 0 saturated carbocycles. The lowest BCUT2D eigenvalue weighted by Gasteiger charge is -2.22. The topological polar surface area (TPSA) is 132 Å². The van der Waals surface area contributed by atoms with Gasteiger partial charge in [-0.1, -0.05) is 50.3 Å². The monoisotopic (exact) mass is 561 g/mol. The zero-order chi connectivity index (χ0) is 29.7. The third-order valence-corrected chi connectivity index (χ3v) is 7.27. The van der Waals surface area contributed by atoms with Gasteiger partial charge in [-0.05, 0) is 64.8 Å². The van der Waals surface area contributed by atoms with Crippen LogP contribution in [0.5, 0.6) is 0 Å². The molecule has 2 atom stereocenters. The second kappa shape index (κ2) is 13.1. The van der Waals surface area contributed by atoms with E-state index in [0.29, 0.717) is 19.3 Å². The van der Waals surface area contributed by atoms with Gasteiger partial charge in [0.25, 0.3) is 0 Å². The van der Waals surface area contributed by atoms with E-state index in [2.05, 4.69) is 10.6 Å². The normalized spacial score (nSPS) is 14.2. The van der Waals surface area contributed by atoms with Crippen LogP contribution in [-0.2, 0) is 24.1 Å². The molecule has 5 N–H and O–H groups in total. The number of aliphatic carboxylic acids is 1. The minimum Gasteiger partial charge on any atom is -0.481 e. The Hall–Kier alpha value is -4.08. The number of nitrogens with one attached hydrogen (secondary N) is 2. The smallest absolute Gasteiger partial charge is 0.318 e. The van der Waals surface area contributed by atoms with Crippen LogP contribution in [0, 0.1) is 5.82 Å². The summed E-state index contributed by atoms with van der Waals surface area (Å²) in [7, 11) is 1.57. The molecule has 2 amide bonds. The second-order valence-corrected chi connectivity index (χ2v) is 10.6. The van der Waals surface area contributed by atoms with Crippen molar-refractivity contribution in [2.45, 2.75) is 64.1 Å². The molecule has 1 aromatic heterocycles. The van der Waals surface area contributed by atoms with Crippen molar-refractivity contribution in [1.29, 1.82) is 0 Å². The highest BCUT2D eigenvalue weighted by atomic mass is 19.1. The first-order valence-electron chi connectivity index (χ1n) is 13.7. The summed E-state index contributed by atoms with van der Waals surface area (Å²) in [5.41, 5.74) is 8.00. The number of aromatic nitrogens is 1. The molecule has 0 bridgehead atoms. The van der Waals surface area contributed by atoms with Crippen molar-refractivity contribution in [2.75, 3.05) is 12.4 Å². The van der Waals surface area contributed by atoms with Crippen LogP contribution in [0.3, 0.4) is 0 Å². The molecule has 8 nitrogen and oxygen atoms in total.